The monoisotopic (exact) mass is 426 g/mol. The van der Waals surface area contributed by atoms with Crippen molar-refractivity contribution in [3.8, 4) is 0 Å². The normalized spacial score (nSPS) is 24.9. The van der Waals surface area contributed by atoms with Crippen LogP contribution in [0.15, 0.2) is 36.4 Å². The van der Waals surface area contributed by atoms with Gasteiger partial charge in [0.2, 0.25) is 0 Å². The Morgan fingerprint density at radius 3 is 2.61 bits per heavy atom. The Kier molecular flexibility index (Phi) is 6.86. The summed E-state index contributed by atoms with van der Waals surface area (Å²) >= 11 is 7.71. The van der Waals surface area contributed by atoms with Crippen molar-refractivity contribution < 1.29 is 23.8 Å². The minimum atomic E-state index is -0.921. The van der Waals surface area contributed by atoms with E-state index in [1.807, 2.05) is 6.07 Å². The van der Waals surface area contributed by atoms with E-state index < -0.39 is 23.7 Å². The lowest BCUT2D eigenvalue weighted by Gasteiger charge is -2.20. The third-order valence-electron chi connectivity index (χ3n) is 5.10. The summed E-state index contributed by atoms with van der Waals surface area (Å²) in [5.41, 5.74) is 0.404. The van der Waals surface area contributed by atoms with Crippen LogP contribution in [-0.2, 0) is 6.42 Å². The summed E-state index contributed by atoms with van der Waals surface area (Å²) in [6.07, 6.45) is 5.64. The van der Waals surface area contributed by atoms with E-state index in [1.54, 1.807) is 18.2 Å². The second-order valence-electron chi connectivity index (χ2n) is 7.09. The zero-order valence-corrected chi connectivity index (χ0v) is 16.6. The molecule has 3 rings (SSSR count). The number of thiophene rings is 1. The summed E-state index contributed by atoms with van der Waals surface area (Å²) in [7, 11) is 0. The molecule has 0 saturated heterocycles. The minimum absolute atomic E-state index is 0.0465. The highest BCUT2D eigenvalue weighted by molar-refractivity contribution is 7.13. The number of carboxylic acids is 1. The fraction of sp³-hybridized carbons (Fsp3) is 0.381. The van der Waals surface area contributed by atoms with Gasteiger partial charge in [-0.25, -0.2) is 13.6 Å². The van der Waals surface area contributed by atoms with E-state index in [9.17, 15) is 18.7 Å². The van der Waals surface area contributed by atoms with Crippen molar-refractivity contribution in [2.24, 2.45) is 11.8 Å². The smallest absolute Gasteiger partial charge is 0.345 e. The zero-order chi connectivity index (χ0) is 20.3. The molecule has 2 aromatic rings. The highest BCUT2D eigenvalue weighted by Gasteiger charge is 2.39. The predicted octanol–water partition coefficient (Wildman–Crippen LogP) is 5.37. The van der Waals surface area contributed by atoms with Gasteiger partial charge in [-0.05, 0) is 61.4 Å². The lowest BCUT2D eigenvalue weighted by atomic mass is 9.89. The van der Waals surface area contributed by atoms with Gasteiger partial charge in [0, 0.05) is 22.2 Å². The number of carbonyl (C=O) groups is 1. The van der Waals surface area contributed by atoms with Crippen molar-refractivity contribution in [2.75, 3.05) is 0 Å². The zero-order valence-electron chi connectivity index (χ0n) is 15.0. The molecule has 1 aliphatic rings. The van der Waals surface area contributed by atoms with Crippen LogP contribution < -0.4 is 0 Å². The molecular formula is C21H21ClF2O3S. The van der Waals surface area contributed by atoms with Crippen LogP contribution in [0.25, 0.3) is 6.08 Å². The largest absolute Gasteiger partial charge is 0.477 e. The predicted molar refractivity (Wildman–Crippen MR) is 107 cm³/mol. The van der Waals surface area contributed by atoms with Crippen molar-refractivity contribution in [1.29, 1.82) is 0 Å². The quantitative estimate of drug-likeness (QED) is 0.585. The molecule has 0 amide bonds. The number of aryl methyl sites for hydroxylation is 1. The maximum absolute atomic E-state index is 13.3. The molecule has 3 nitrogen and oxygen atoms in total. The van der Waals surface area contributed by atoms with Crippen molar-refractivity contribution in [3.63, 3.8) is 0 Å². The van der Waals surface area contributed by atoms with Crippen LogP contribution in [0.4, 0.5) is 8.78 Å². The number of benzene rings is 1. The fourth-order valence-electron chi connectivity index (χ4n) is 3.77. The average Bonchev–Trinajstić information content (AvgIpc) is 3.18. The van der Waals surface area contributed by atoms with Crippen molar-refractivity contribution in [1.82, 2.24) is 0 Å². The highest BCUT2D eigenvalue weighted by Crippen LogP contribution is 2.40. The second kappa shape index (κ2) is 9.16. The number of rotatable bonds is 7. The van der Waals surface area contributed by atoms with Gasteiger partial charge >= 0.3 is 5.97 Å². The number of aliphatic hydroxyl groups is 1. The van der Waals surface area contributed by atoms with Gasteiger partial charge in [0.25, 0.3) is 0 Å². The molecular weight excluding hydrogens is 406 g/mol. The molecule has 2 N–H and O–H groups in total. The summed E-state index contributed by atoms with van der Waals surface area (Å²) < 4.78 is 26.7. The second-order valence-corrected chi connectivity index (χ2v) is 8.81. The van der Waals surface area contributed by atoms with Gasteiger partial charge in [-0.2, -0.15) is 0 Å². The molecule has 0 unspecified atom stereocenters. The molecule has 0 bridgehead atoms. The van der Waals surface area contributed by atoms with Crippen molar-refractivity contribution >= 4 is 35.0 Å². The van der Waals surface area contributed by atoms with Crippen LogP contribution >= 0.6 is 22.9 Å². The van der Waals surface area contributed by atoms with Gasteiger partial charge < -0.3 is 10.2 Å². The number of halogens is 3. The highest BCUT2D eigenvalue weighted by atomic mass is 35.5. The summed E-state index contributed by atoms with van der Waals surface area (Å²) in [5.74, 6) is -2.35. The first-order valence-corrected chi connectivity index (χ1v) is 10.4. The lowest BCUT2D eigenvalue weighted by molar-refractivity contribution is 0.0702. The Morgan fingerprint density at radius 1 is 1.25 bits per heavy atom. The summed E-state index contributed by atoms with van der Waals surface area (Å²) in [6, 6.07) is 6.73. The number of carboxylic acid groups (broad SMARTS) is 1. The molecule has 4 atom stereocenters. The molecule has 28 heavy (non-hydrogen) atoms. The SMILES string of the molecule is O=C(O)c1ccc(CCC[C@@H]2[C@@H](/C=C\c3cc(F)cc(F)c3)[C@H](O)C[C@H]2Cl)s1. The van der Waals surface area contributed by atoms with Crippen LogP contribution in [0.5, 0.6) is 0 Å². The lowest BCUT2D eigenvalue weighted by Crippen LogP contribution is -2.18. The summed E-state index contributed by atoms with van der Waals surface area (Å²) in [6.45, 7) is 0. The molecule has 1 fully saturated rings. The van der Waals surface area contributed by atoms with Crippen molar-refractivity contribution in [3.05, 3.63) is 63.4 Å². The van der Waals surface area contributed by atoms with E-state index >= 15 is 0 Å². The first-order valence-electron chi connectivity index (χ1n) is 9.12. The van der Waals surface area contributed by atoms with Crippen molar-refractivity contribution in [2.45, 2.75) is 37.2 Å². The Labute approximate surface area is 171 Å². The molecule has 0 aliphatic heterocycles. The molecule has 0 radical (unpaired) electrons. The van der Waals surface area contributed by atoms with Gasteiger partial charge in [-0.15, -0.1) is 22.9 Å². The van der Waals surface area contributed by atoms with Crippen LogP contribution in [0, 0.1) is 23.5 Å². The molecule has 150 valence electrons. The number of hydrogen-bond acceptors (Lipinski definition) is 3. The Bertz CT molecular complexity index is 847. The van der Waals surface area contributed by atoms with Gasteiger partial charge in [-0.1, -0.05) is 12.2 Å². The third kappa shape index (κ3) is 5.19. The number of hydrogen-bond donors (Lipinski definition) is 2. The molecule has 1 aromatic carbocycles. The summed E-state index contributed by atoms with van der Waals surface area (Å²) in [4.78, 5) is 12.3. The maximum atomic E-state index is 13.3. The maximum Gasteiger partial charge on any atom is 0.345 e. The molecule has 1 aliphatic carbocycles. The van der Waals surface area contributed by atoms with Gasteiger partial charge in [0.05, 0.1) is 6.10 Å². The average molecular weight is 427 g/mol. The first-order chi connectivity index (χ1) is 13.3. The van der Waals surface area contributed by atoms with Gasteiger partial charge in [0.15, 0.2) is 0 Å². The van der Waals surface area contributed by atoms with Crippen LogP contribution in [0.3, 0.4) is 0 Å². The Morgan fingerprint density at radius 2 is 1.96 bits per heavy atom. The summed E-state index contributed by atoms with van der Waals surface area (Å²) in [5, 5.41) is 19.2. The van der Waals surface area contributed by atoms with Gasteiger partial charge in [-0.3, -0.25) is 0 Å². The van der Waals surface area contributed by atoms with E-state index in [1.165, 1.54) is 23.5 Å². The standard InChI is InChI=1S/C21H21ClF2O3S/c22-18-11-19(25)17(6-4-12-8-13(23)10-14(24)9-12)16(18)3-1-2-15-5-7-20(28-15)21(26)27/h4-10,16-19,25H,1-3,11H2,(H,26,27)/b6-4-/t16-,17-,18-,19-/m1/s1. The molecule has 1 heterocycles. The van der Waals surface area contributed by atoms with Crippen LogP contribution in [-0.4, -0.2) is 27.7 Å². The molecule has 1 saturated carbocycles. The molecule has 1 aromatic heterocycles. The molecule has 0 spiro atoms. The van der Waals surface area contributed by atoms with E-state index in [0.29, 0.717) is 16.9 Å². The first kappa shape index (κ1) is 21.0. The van der Waals surface area contributed by atoms with Crippen LogP contribution in [0.2, 0.25) is 0 Å². The Hall–Kier alpha value is -1.76. The third-order valence-corrected chi connectivity index (χ3v) is 6.73. The minimum Gasteiger partial charge on any atom is -0.477 e. The fourth-order valence-corrected chi connectivity index (χ4v) is 5.13. The number of alkyl halides is 1. The van der Waals surface area contributed by atoms with E-state index in [4.69, 9.17) is 16.7 Å². The van der Waals surface area contributed by atoms with Gasteiger partial charge in [0.1, 0.15) is 16.5 Å². The Balaban J connectivity index is 1.62. The van der Waals surface area contributed by atoms with E-state index in [2.05, 4.69) is 0 Å². The number of aliphatic hydroxyl groups excluding tert-OH is 1. The van der Waals surface area contributed by atoms with E-state index in [-0.39, 0.29) is 17.2 Å². The topological polar surface area (TPSA) is 57.5 Å². The number of aromatic carboxylic acids is 1. The van der Waals surface area contributed by atoms with Crippen LogP contribution in [0.1, 0.15) is 39.4 Å². The van der Waals surface area contributed by atoms with E-state index in [0.717, 1.165) is 30.2 Å². The molecule has 7 heteroatoms.